The molecule has 1 fully saturated rings. The fourth-order valence-corrected chi connectivity index (χ4v) is 4.85. The molecule has 0 unspecified atom stereocenters. The summed E-state index contributed by atoms with van der Waals surface area (Å²) in [5.41, 5.74) is 1.71. The molecule has 0 bridgehead atoms. The predicted molar refractivity (Wildman–Crippen MR) is 99.7 cm³/mol. The zero-order valence-electron chi connectivity index (χ0n) is 14.6. The number of anilines is 1. The van der Waals surface area contributed by atoms with Crippen molar-refractivity contribution in [1.82, 2.24) is 5.32 Å². The molecule has 0 atom stereocenters. The van der Waals surface area contributed by atoms with Crippen LogP contribution in [0.2, 0.25) is 0 Å². The molecule has 2 aromatic carbocycles. The van der Waals surface area contributed by atoms with Crippen molar-refractivity contribution in [2.75, 3.05) is 24.5 Å². The summed E-state index contributed by atoms with van der Waals surface area (Å²) in [7, 11) is -2.03. The number of sulfonamides is 1. The van der Waals surface area contributed by atoms with Crippen LogP contribution in [-0.2, 0) is 10.0 Å². The molecule has 1 aliphatic rings. The standard InChI is InChI=1S/C19H24N2O3S/c1-15-3-9-19(10-4-15)25(22,23)21(17-11-13-20-14-12-17)16-5-7-18(24-2)8-6-16/h3-10,17,20H,11-14H2,1-2H3. The van der Waals surface area contributed by atoms with Crippen molar-refractivity contribution in [2.45, 2.75) is 30.7 Å². The van der Waals surface area contributed by atoms with Gasteiger partial charge < -0.3 is 10.1 Å². The monoisotopic (exact) mass is 360 g/mol. The lowest BCUT2D eigenvalue weighted by Gasteiger charge is -2.35. The number of ether oxygens (including phenoxy) is 1. The molecule has 25 heavy (non-hydrogen) atoms. The Bertz CT molecular complexity index is 796. The fourth-order valence-electron chi connectivity index (χ4n) is 3.14. The van der Waals surface area contributed by atoms with E-state index >= 15 is 0 Å². The first-order chi connectivity index (χ1) is 12.0. The van der Waals surface area contributed by atoms with Crippen LogP contribution in [0.3, 0.4) is 0 Å². The second-order valence-electron chi connectivity index (χ2n) is 6.29. The van der Waals surface area contributed by atoms with Crippen molar-refractivity contribution in [3.05, 3.63) is 54.1 Å². The summed E-state index contributed by atoms with van der Waals surface area (Å²) in [5, 5.41) is 3.30. The van der Waals surface area contributed by atoms with Gasteiger partial charge in [0.2, 0.25) is 0 Å². The molecule has 0 radical (unpaired) electrons. The third-order valence-electron chi connectivity index (χ3n) is 4.55. The quantitative estimate of drug-likeness (QED) is 0.891. The Morgan fingerprint density at radius 2 is 1.60 bits per heavy atom. The van der Waals surface area contributed by atoms with Crippen LogP contribution < -0.4 is 14.4 Å². The highest BCUT2D eigenvalue weighted by Gasteiger charge is 2.32. The lowest BCUT2D eigenvalue weighted by Crippen LogP contribution is -2.46. The van der Waals surface area contributed by atoms with Crippen LogP contribution in [0, 0.1) is 6.92 Å². The van der Waals surface area contributed by atoms with Crippen molar-refractivity contribution in [1.29, 1.82) is 0 Å². The van der Waals surface area contributed by atoms with E-state index in [-0.39, 0.29) is 6.04 Å². The Balaban J connectivity index is 2.04. The van der Waals surface area contributed by atoms with Crippen molar-refractivity contribution in [3.63, 3.8) is 0 Å². The van der Waals surface area contributed by atoms with Crippen LogP contribution in [0.4, 0.5) is 5.69 Å². The minimum absolute atomic E-state index is 0.0547. The summed E-state index contributed by atoms with van der Waals surface area (Å²) in [4.78, 5) is 0.326. The third kappa shape index (κ3) is 3.80. The Morgan fingerprint density at radius 3 is 2.16 bits per heavy atom. The number of nitrogens with one attached hydrogen (secondary N) is 1. The molecule has 1 heterocycles. The average molecular weight is 360 g/mol. The van der Waals surface area contributed by atoms with Crippen molar-refractivity contribution in [3.8, 4) is 5.75 Å². The zero-order valence-corrected chi connectivity index (χ0v) is 15.4. The Morgan fingerprint density at radius 1 is 1.00 bits per heavy atom. The van der Waals surface area contributed by atoms with Gasteiger partial charge in [0.05, 0.1) is 17.7 Å². The van der Waals surface area contributed by atoms with Gasteiger partial charge in [0.1, 0.15) is 5.75 Å². The third-order valence-corrected chi connectivity index (χ3v) is 6.44. The first kappa shape index (κ1) is 17.8. The van der Waals surface area contributed by atoms with E-state index in [2.05, 4.69) is 5.32 Å². The molecule has 0 aliphatic carbocycles. The van der Waals surface area contributed by atoms with Crippen molar-refractivity contribution in [2.24, 2.45) is 0 Å². The van der Waals surface area contributed by atoms with Gasteiger partial charge in [-0.05, 0) is 69.3 Å². The molecule has 1 saturated heterocycles. The minimum atomic E-state index is -3.63. The fraction of sp³-hybridized carbons (Fsp3) is 0.368. The van der Waals surface area contributed by atoms with Gasteiger partial charge in [0.15, 0.2) is 0 Å². The van der Waals surface area contributed by atoms with Crippen LogP contribution in [-0.4, -0.2) is 34.7 Å². The van der Waals surface area contributed by atoms with E-state index in [1.165, 1.54) is 0 Å². The molecular formula is C19H24N2O3S. The van der Waals surface area contributed by atoms with Crippen molar-refractivity contribution >= 4 is 15.7 Å². The summed E-state index contributed by atoms with van der Waals surface area (Å²) in [6.07, 6.45) is 1.58. The summed E-state index contributed by atoms with van der Waals surface area (Å²) in [5.74, 6) is 0.710. The Labute approximate surface area is 149 Å². The van der Waals surface area contributed by atoms with E-state index in [9.17, 15) is 8.42 Å². The Kier molecular flexibility index (Phi) is 5.30. The van der Waals surface area contributed by atoms with E-state index in [1.807, 2.05) is 31.2 Å². The molecule has 6 heteroatoms. The number of piperidine rings is 1. The van der Waals surface area contributed by atoms with Crippen LogP contribution in [0.15, 0.2) is 53.4 Å². The molecule has 2 aromatic rings. The van der Waals surface area contributed by atoms with Gasteiger partial charge in [-0.3, -0.25) is 4.31 Å². The van der Waals surface area contributed by atoms with Gasteiger partial charge in [-0.25, -0.2) is 8.42 Å². The summed E-state index contributed by atoms with van der Waals surface area (Å²) in [6.45, 7) is 3.59. The van der Waals surface area contributed by atoms with E-state index in [4.69, 9.17) is 4.74 Å². The molecule has 5 nitrogen and oxygen atoms in total. The van der Waals surface area contributed by atoms with Gasteiger partial charge >= 0.3 is 0 Å². The molecule has 3 rings (SSSR count). The number of nitrogens with zero attached hydrogens (tertiary/aromatic N) is 1. The highest BCUT2D eigenvalue weighted by Crippen LogP contribution is 2.30. The van der Waals surface area contributed by atoms with Gasteiger partial charge in [0.25, 0.3) is 10.0 Å². The number of rotatable bonds is 5. The van der Waals surface area contributed by atoms with Gasteiger partial charge in [-0.1, -0.05) is 17.7 Å². The van der Waals surface area contributed by atoms with E-state index in [0.717, 1.165) is 31.5 Å². The van der Waals surface area contributed by atoms with E-state index in [1.54, 1.807) is 35.7 Å². The van der Waals surface area contributed by atoms with Gasteiger partial charge in [0, 0.05) is 6.04 Å². The normalized spacial score (nSPS) is 15.8. The number of hydrogen-bond acceptors (Lipinski definition) is 4. The highest BCUT2D eigenvalue weighted by atomic mass is 32.2. The number of hydrogen-bond donors (Lipinski definition) is 1. The maximum Gasteiger partial charge on any atom is 0.264 e. The predicted octanol–water partition coefficient (Wildman–Crippen LogP) is 2.95. The number of benzene rings is 2. The molecular weight excluding hydrogens is 336 g/mol. The number of methoxy groups -OCH3 is 1. The highest BCUT2D eigenvalue weighted by molar-refractivity contribution is 7.92. The topological polar surface area (TPSA) is 58.6 Å². The van der Waals surface area contributed by atoms with Gasteiger partial charge in [-0.15, -0.1) is 0 Å². The molecule has 1 aliphatic heterocycles. The maximum absolute atomic E-state index is 13.4. The first-order valence-electron chi connectivity index (χ1n) is 8.48. The summed E-state index contributed by atoms with van der Waals surface area (Å²) < 4.78 is 33.5. The van der Waals surface area contributed by atoms with Crippen LogP contribution >= 0.6 is 0 Å². The van der Waals surface area contributed by atoms with Gasteiger partial charge in [-0.2, -0.15) is 0 Å². The lowest BCUT2D eigenvalue weighted by atomic mass is 10.1. The smallest absolute Gasteiger partial charge is 0.264 e. The maximum atomic E-state index is 13.4. The molecule has 1 N–H and O–H groups in total. The molecule has 0 amide bonds. The Hall–Kier alpha value is -2.05. The van der Waals surface area contributed by atoms with Crippen molar-refractivity contribution < 1.29 is 13.2 Å². The molecule has 134 valence electrons. The second-order valence-corrected chi connectivity index (χ2v) is 8.11. The van der Waals surface area contributed by atoms with Crippen LogP contribution in [0.5, 0.6) is 5.75 Å². The number of aryl methyl sites for hydroxylation is 1. The molecule has 0 spiro atoms. The molecule has 0 saturated carbocycles. The van der Waals surface area contributed by atoms with Crippen LogP contribution in [0.1, 0.15) is 18.4 Å². The average Bonchev–Trinajstić information content (AvgIpc) is 2.63. The van der Waals surface area contributed by atoms with E-state index in [0.29, 0.717) is 16.3 Å². The van der Waals surface area contributed by atoms with E-state index < -0.39 is 10.0 Å². The first-order valence-corrected chi connectivity index (χ1v) is 9.92. The summed E-state index contributed by atoms with van der Waals surface area (Å²) >= 11 is 0. The SMILES string of the molecule is COc1ccc(N(C2CCNCC2)S(=O)(=O)c2ccc(C)cc2)cc1. The minimum Gasteiger partial charge on any atom is -0.497 e. The van der Waals surface area contributed by atoms with Crippen LogP contribution in [0.25, 0.3) is 0 Å². The molecule has 0 aromatic heterocycles. The summed E-state index contributed by atoms with van der Waals surface area (Å²) in [6, 6.07) is 14.2. The zero-order chi connectivity index (χ0) is 17.9. The largest absolute Gasteiger partial charge is 0.497 e. The lowest BCUT2D eigenvalue weighted by molar-refractivity contribution is 0.414. The second kappa shape index (κ2) is 7.45.